The van der Waals surface area contributed by atoms with E-state index >= 15 is 0 Å². The lowest BCUT2D eigenvalue weighted by Gasteiger charge is -2.02. The average molecular weight is 281 g/mol. The van der Waals surface area contributed by atoms with Gasteiger partial charge in [0.15, 0.2) is 0 Å². The number of halogens is 1. The highest BCUT2D eigenvalue weighted by molar-refractivity contribution is 5.67. The largest absolute Gasteiger partial charge is 0.399 e. The van der Waals surface area contributed by atoms with Gasteiger partial charge in [0.25, 0.3) is 0 Å². The monoisotopic (exact) mass is 281 g/mol. The van der Waals surface area contributed by atoms with Gasteiger partial charge in [0.05, 0.1) is 12.2 Å². The molecule has 3 nitrogen and oxygen atoms in total. The van der Waals surface area contributed by atoms with Gasteiger partial charge in [0.2, 0.25) is 0 Å². The molecular weight excluding hydrogens is 265 g/mol. The predicted molar refractivity (Wildman–Crippen MR) is 82.3 cm³/mol. The zero-order valence-electron chi connectivity index (χ0n) is 11.8. The predicted octanol–water partition coefficient (Wildman–Crippen LogP) is 3.63. The summed E-state index contributed by atoms with van der Waals surface area (Å²) >= 11 is 0. The quantitative estimate of drug-likeness (QED) is 0.745. The van der Waals surface area contributed by atoms with Gasteiger partial charge in [0.1, 0.15) is 5.82 Å². The van der Waals surface area contributed by atoms with Crippen LogP contribution in [0.15, 0.2) is 54.7 Å². The summed E-state index contributed by atoms with van der Waals surface area (Å²) in [5.41, 5.74) is 9.29. The standard InChI is InChI=1S/C17H16FN3/c1-12-16(15-8-7-14(19)9-17(15)18)11-21(20-12)10-13-5-3-2-4-6-13/h2-9,11H,10,19H2,1H3. The molecule has 0 amide bonds. The van der Waals surface area contributed by atoms with Gasteiger partial charge in [-0.3, -0.25) is 4.68 Å². The minimum absolute atomic E-state index is 0.322. The Bertz CT molecular complexity index is 763. The second-order valence-corrected chi connectivity index (χ2v) is 5.05. The molecule has 0 radical (unpaired) electrons. The van der Waals surface area contributed by atoms with Crippen molar-refractivity contribution in [1.29, 1.82) is 0 Å². The molecule has 2 N–H and O–H groups in total. The highest BCUT2D eigenvalue weighted by Gasteiger charge is 2.12. The Morgan fingerprint density at radius 2 is 1.86 bits per heavy atom. The van der Waals surface area contributed by atoms with E-state index in [9.17, 15) is 4.39 Å². The minimum atomic E-state index is -0.322. The molecule has 0 fully saturated rings. The number of anilines is 1. The molecule has 0 aliphatic rings. The maximum absolute atomic E-state index is 14.0. The SMILES string of the molecule is Cc1nn(Cc2ccccc2)cc1-c1ccc(N)cc1F. The van der Waals surface area contributed by atoms with Crippen molar-refractivity contribution in [1.82, 2.24) is 9.78 Å². The molecule has 0 aliphatic carbocycles. The van der Waals surface area contributed by atoms with Gasteiger partial charge in [-0.25, -0.2) is 4.39 Å². The molecule has 0 saturated carbocycles. The molecule has 1 aromatic heterocycles. The Kier molecular flexibility index (Phi) is 3.44. The third-order valence-electron chi connectivity index (χ3n) is 3.42. The van der Waals surface area contributed by atoms with Crippen LogP contribution in [0.4, 0.5) is 10.1 Å². The van der Waals surface area contributed by atoms with E-state index in [4.69, 9.17) is 5.73 Å². The Labute approximate surface area is 122 Å². The van der Waals surface area contributed by atoms with Gasteiger partial charge in [-0.15, -0.1) is 0 Å². The molecule has 0 bridgehead atoms. The summed E-state index contributed by atoms with van der Waals surface area (Å²) in [6.07, 6.45) is 1.87. The molecule has 0 spiro atoms. The molecule has 0 atom stereocenters. The second-order valence-electron chi connectivity index (χ2n) is 5.05. The molecule has 3 rings (SSSR count). The smallest absolute Gasteiger partial charge is 0.133 e. The lowest BCUT2D eigenvalue weighted by Crippen LogP contribution is -1.99. The van der Waals surface area contributed by atoms with E-state index in [2.05, 4.69) is 5.10 Å². The lowest BCUT2D eigenvalue weighted by molar-refractivity contribution is 0.632. The van der Waals surface area contributed by atoms with Gasteiger partial charge >= 0.3 is 0 Å². The molecule has 3 aromatic rings. The van der Waals surface area contributed by atoms with Crippen LogP contribution in [0.5, 0.6) is 0 Å². The van der Waals surface area contributed by atoms with Crippen molar-refractivity contribution in [2.24, 2.45) is 0 Å². The third kappa shape index (κ3) is 2.79. The van der Waals surface area contributed by atoms with E-state index in [1.54, 1.807) is 12.1 Å². The van der Waals surface area contributed by atoms with Gasteiger partial charge < -0.3 is 5.73 Å². The van der Waals surface area contributed by atoms with E-state index < -0.39 is 0 Å². The fraction of sp³-hybridized carbons (Fsp3) is 0.118. The van der Waals surface area contributed by atoms with Gasteiger partial charge in [0, 0.05) is 23.0 Å². The number of nitrogens with two attached hydrogens (primary N) is 1. The van der Waals surface area contributed by atoms with Crippen LogP contribution in [0.25, 0.3) is 11.1 Å². The summed E-state index contributed by atoms with van der Waals surface area (Å²) in [7, 11) is 0. The fourth-order valence-electron chi connectivity index (χ4n) is 2.38. The summed E-state index contributed by atoms with van der Waals surface area (Å²) in [4.78, 5) is 0. The topological polar surface area (TPSA) is 43.8 Å². The van der Waals surface area contributed by atoms with Gasteiger partial charge in [-0.2, -0.15) is 5.10 Å². The fourth-order valence-corrected chi connectivity index (χ4v) is 2.38. The molecule has 0 saturated heterocycles. The first-order valence-corrected chi connectivity index (χ1v) is 6.77. The van der Waals surface area contributed by atoms with Crippen LogP contribution in [0, 0.1) is 12.7 Å². The van der Waals surface area contributed by atoms with Crippen LogP contribution in [0.2, 0.25) is 0 Å². The number of benzene rings is 2. The molecule has 0 aliphatic heterocycles. The summed E-state index contributed by atoms with van der Waals surface area (Å²) < 4.78 is 15.9. The molecule has 0 unspecified atom stereocenters. The van der Waals surface area contributed by atoms with Crippen molar-refractivity contribution in [3.63, 3.8) is 0 Å². The zero-order valence-corrected chi connectivity index (χ0v) is 11.8. The Hall–Kier alpha value is -2.62. The molecule has 4 heteroatoms. The van der Waals surface area contributed by atoms with E-state index in [0.717, 1.165) is 16.8 Å². The third-order valence-corrected chi connectivity index (χ3v) is 3.42. The van der Waals surface area contributed by atoms with Crippen molar-refractivity contribution in [3.05, 3.63) is 71.8 Å². The molecule has 1 heterocycles. The maximum atomic E-state index is 14.0. The Morgan fingerprint density at radius 1 is 1.10 bits per heavy atom. The van der Waals surface area contributed by atoms with Crippen LogP contribution in [-0.4, -0.2) is 9.78 Å². The number of aryl methyl sites for hydroxylation is 1. The highest BCUT2D eigenvalue weighted by atomic mass is 19.1. The van der Waals surface area contributed by atoms with E-state index in [1.807, 2.05) is 48.1 Å². The Morgan fingerprint density at radius 3 is 2.57 bits per heavy atom. The lowest BCUT2D eigenvalue weighted by atomic mass is 10.1. The minimum Gasteiger partial charge on any atom is -0.399 e. The summed E-state index contributed by atoms with van der Waals surface area (Å²) in [5, 5.41) is 4.46. The number of hydrogen-bond donors (Lipinski definition) is 1. The van der Waals surface area contributed by atoms with Crippen molar-refractivity contribution in [2.45, 2.75) is 13.5 Å². The maximum Gasteiger partial charge on any atom is 0.133 e. The van der Waals surface area contributed by atoms with Crippen LogP contribution < -0.4 is 5.73 Å². The summed E-state index contributed by atoms with van der Waals surface area (Å²) in [5.74, 6) is -0.322. The normalized spacial score (nSPS) is 10.8. The van der Waals surface area contributed by atoms with Crippen LogP contribution in [0.3, 0.4) is 0 Å². The Balaban J connectivity index is 1.94. The van der Waals surface area contributed by atoms with Gasteiger partial charge in [-0.05, 0) is 30.7 Å². The summed E-state index contributed by atoms with van der Waals surface area (Å²) in [6, 6.07) is 14.8. The number of nitrogens with zero attached hydrogens (tertiary/aromatic N) is 2. The van der Waals surface area contributed by atoms with Crippen LogP contribution in [0.1, 0.15) is 11.3 Å². The first kappa shape index (κ1) is 13.4. The van der Waals surface area contributed by atoms with Crippen molar-refractivity contribution >= 4 is 5.69 Å². The van der Waals surface area contributed by atoms with E-state index in [0.29, 0.717) is 17.8 Å². The first-order valence-electron chi connectivity index (χ1n) is 6.77. The molecule has 106 valence electrons. The van der Waals surface area contributed by atoms with Gasteiger partial charge in [-0.1, -0.05) is 30.3 Å². The number of hydrogen-bond acceptors (Lipinski definition) is 2. The first-order chi connectivity index (χ1) is 10.1. The van der Waals surface area contributed by atoms with Crippen molar-refractivity contribution in [2.75, 3.05) is 5.73 Å². The molecule has 2 aromatic carbocycles. The number of aromatic nitrogens is 2. The molecular formula is C17H16FN3. The second kappa shape index (κ2) is 5.40. The molecule has 21 heavy (non-hydrogen) atoms. The zero-order chi connectivity index (χ0) is 14.8. The van der Waals surface area contributed by atoms with Crippen LogP contribution in [-0.2, 0) is 6.54 Å². The average Bonchev–Trinajstić information content (AvgIpc) is 2.80. The number of rotatable bonds is 3. The number of nitrogen functional groups attached to an aromatic ring is 1. The van der Waals surface area contributed by atoms with E-state index in [1.165, 1.54) is 6.07 Å². The summed E-state index contributed by atoms with van der Waals surface area (Å²) in [6.45, 7) is 2.55. The van der Waals surface area contributed by atoms with Crippen molar-refractivity contribution in [3.8, 4) is 11.1 Å². The van der Waals surface area contributed by atoms with E-state index in [-0.39, 0.29) is 5.82 Å². The highest BCUT2D eigenvalue weighted by Crippen LogP contribution is 2.27. The van der Waals surface area contributed by atoms with Crippen LogP contribution >= 0.6 is 0 Å². The van der Waals surface area contributed by atoms with Crippen molar-refractivity contribution < 1.29 is 4.39 Å².